The van der Waals surface area contributed by atoms with Gasteiger partial charge in [-0.2, -0.15) is 0 Å². The second-order valence-corrected chi connectivity index (χ2v) is 4.99. The highest BCUT2D eigenvalue weighted by Crippen LogP contribution is 2.11. The van der Waals surface area contributed by atoms with Crippen molar-refractivity contribution < 1.29 is 9.18 Å². The molecule has 0 atom stereocenters. The van der Waals surface area contributed by atoms with Gasteiger partial charge in [0.15, 0.2) is 5.82 Å². The number of aryl methyl sites for hydroxylation is 1. The summed E-state index contributed by atoms with van der Waals surface area (Å²) in [5, 5.41) is 10.8. The van der Waals surface area contributed by atoms with E-state index in [0.29, 0.717) is 24.3 Å². The summed E-state index contributed by atoms with van der Waals surface area (Å²) in [6.45, 7) is 0.865. The Balaban J connectivity index is 1.55. The maximum absolute atomic E-state index is 12.8. The molecule has 0 radical (unpaired) electrons. The van der Waals surface area contributed by atoms with Gasteiger partial charge in [0.25, 0.3) is 5.91 Å². The van der Waals surface area contributed by atoms with Crippen molar-refractivity contribution in [1.29, 1.82) is 0 Å². The lowest BCUT2D eigenvalue weighted by Gasteiger charge is -2.04. The monoisotopic (exact) mass is 314 g/mol. The number of carbonyl (C=O) groups is 1. The summed E-state index contributed by atoms with van der Waals surface area (Å²) < 4.78 is 16.3. The summed E-state index contributed by atoms with van der Waals surface area (Å²) in [6.07, 6.45) is 5.29. The van der Waals surface area contributed by atoms with Gasteiger partial charge in [-0.1, -0.05) is 5.21 Å². The topological polar surface area (TPSA) is 77.6 Å². The standard InChI is InChI=1S/C15H15FN6O/c1-21-8-6-17-14(21)13-10-22(20-19-13)9-7-18-15(23)11-2-4-12(16)5-3-11/h2-6,8,10H,7,9H2,1H3,(H,18,23). The van der Waals surface area contributed by atoms with Gasteiger partial charge in [-0.3, -0.25) is 9.48 Å². The van der Waals surface area contributed by atoms with Crippen molar-refractivity contribution in [3.63, 3.8) is 0 Å². The number of carbonyl (C=O) groups excluding carboxylic acids is 1. The quantitative estimate of drug-likeness (QED) is 0.769. The minimum atomic E-state index is -0.369. The molecule has 0 saturated carbocycles. The van der Waals surface area contributed by atoms with E-state index >= 15 is 0 Å². The molecule has 3 rings (SSSR count). The third-order valence-electron chi connectivity index (χ3n) is 3.32. The van der Waals surface area contributed by atoms with Crippen molar-refractivity contribution in [3.05, 3.63) is 54.2 Å². The number of benzene rings is 1. The molecule has 118 valence electrons. The second kappa shape index (κ2) is 6.39. The highest BCUT2D eigenvalue weighted by Gasteiger charge is 2.09. The van der Waals surface area contributed by atoms with Crippen molar-refractivity contribution in [3.8, 4) is 11.5 Å². The minimum absolute atomic E-state index is 0.255. The molecule has 0 unspecified atom stereocenters. The molecule has 7 nitrogen and oxygen atoms in total. The molecular weight excluding hydrogens is 299 g/mol. The lowest BCUT2D eigenvalue weighted by Crippen LogP contribution is -2.27. The Morgan fingerprint density at radius 1 is 1.30 bits per heavy atom. The van der Waals surface area contributed by atoms with Crippen LogP contribution in [-0.2, 0) is 13.6 Å². The predicted molar refractivity (Wildman–Crippen MR) is 81.0 cm³/mol. The molecule has 0 aliphatic carbocycles. The first kappa shape index (κ1) is 14.9. The fourth-order valence-electron chi connectivity index (χ4n) is 2.11. The third kappa shape index (κ3) is 3.42. The molecule has 0 aliphatic rings. The first-order valence-electron chi connectivity index (χ1n) is 7.05. The minimum Gasteiger partial charge on any atom is -0.350 e. The fraction of sp³-hybridized carbons (Fsp3) is 0.200. The van der Waals surface area contributed by atoms with Crippen LogP contribution >= 0.6 is 0 Å². The highest BCUT2D eigenvalue weighted by atomic mass is 19.1. The Morgan fingerprint density at radius 3 is 2.78 bits per heavy atom. The zero-order chi connectivity index (χ0) is 16.2. The smallest absolute Gasteiger partial charge is 0.251 e. The SMILES string of the molecule is Cn1ccnc1-c1cn(CCNC(=O)c2ccc(F)cc2)nn1. The van der Waals surface area contributed by atoms with Gasteiger partial charge in [-0.05, 0) is 24.3 Å². The number of nitrogens with one attached hydrogen (secondary N) is 1. The van der Waals surface area contributed by atoms with E-state index in [9.17, 15) is 9.18 Å². The Bertz CT molecular complexity index is 807. The van der Waals surface area contributed by atoms with Crippen LogP contribution in [0.1, 0.15) is 10.4 Å². The van der Waals surface area contributed by atoms with Crippen molar-refractivity contribution >= 4 is 5.91 Å². The van der Waals surface area contributed by atoms with Crippen molar-refractivity contribution in [2.24, 2.45) is 7.05 Å². The molecule has 23 heavy (non-hydrogen) atoms. The summed E-state index contributed by atoms with van der Waals surface area (Å²) in [4.78, 5) is 16.1. The number of rotatable bonds is 5. The van der Waals surface area contributed by atoms with Gasteiger partial charge in [0, 0.05) is 31.5 Å². The molecule has 8 heteroatoms. The zero-order valence-electron chi connectivity index (χ0n) is 12.5. The van der Waals surface area contributed by atoms with E-state index < -0.39 is 0 Å². The van der Waals surface area contributed by atoms with E-state index in [1.165, 1.54) is 24.3 Å². The van der Waals surface area contributed by atoms with E-state index in [1.807, 2.05) is 17.8 Å². The van der Waals surface area contributed by atoms with Crippen LogP contribution in [0.4, 0.5) is 4.39 Å². The summed E-state index contributed by atoms with van der Waals surface area (Å²) in [5.41, 5.74) is 1.08. The van der Waals surface area contributed by atoms with Crippen LogP contribution in [0.2, 0.25) is 0 Å². The summed E-state index contributed by atoms with van der Waals surface area (Å²) in [7, 11) is 1.88. The average molecular weight is 314 g/mol. The predicted octanol–water partition coefficient (Wildman–Crippen LogP) is 1.25. The molecular formula is C15H15FN6O. The number of halogens is 1. The van der Waals surface area contributed by atoms with Gasteiger partial charge in [-0.15, -0.1) is 5.10 Å². The number of hydrogen-bond donors (Lipinski definition) is 1. The van der Waals surface area contributed by atoms with Crippen molar-refractivity contribution in [2.75, 3.05) is 6.54 Å². The van der Waals surface area contributed by atoms with Crippen LogP contribution in [0, 0.1) is 5.82 Å². The molecule has 2 aromatic heterocycles. The first-order valence-corrected chi connectivity index (χ1v) is 7.05. The Hall–Kier alpha value is -3.03. The lowest BCUT2D eigenvalue weighted by atomic mass is 10.2. The number of imidazole rings is 1. The van der Waals surface area contributed by atoms with Crippen molar-refractivity contribution in [2.45, 2.75) is 6.54 Å². The van der Waals surface area contributed by atoms with Crippen LogP contribution in [0.5, 0.6) is 0 Å². The van der Waals surface area contributed by atoms with E-state index in [0.717, 1.165) is 5.82 Å². The zero-order valence-corrected chi connectivity index (χ0v) is 12.5. The molecule has 1 aromatic carbocycles. The van der Waals surface area contributed by atoms with Gasteiger partial charge >= 0.3 is 0 Å². The maximum atomic E-state index is 12.8. The Labute approximate surface area is 131 Å². The molecule has 3 aromatic rings. The molecule has 1 N–H and O–H groups in total. The van der Waals surface area contributed by atoms with Crippen molar-refractivity contribution in [1.82, 2.24) is 29.9 Å². The third-order valence-corrected chi connectivity index (χ3v) is 3.32. The van der Waals surface area contributed by atoms with Crippen LogP contribution < -0.4 is 5.32 Å². The van der Waals surface area contributed by atoms with E-state index in [1.54, 1.807) is 17.1 Å². The normalized spacial score (nSPS) is 10.7. The van der Waals surface area contributed by atoms with E-state index in [4.69, 9.17) is 0 Å². The van der Waals surface area contributed by atoms with Crippen LogP contribution in [-0.4, -0.2) is 37.0 Å². The average Bonchev–Trinajstić information content (AvgIpc) is 3.16. The first-order chi connectivity index (χ1) is 11.1. The van der Waals surface area contributed by atoms with E-state index in [2.05, 4.69) is 20.6 Å². The lowest BCUT2D eigenvalue weighted by molar-refractivity contribution is 0.0952. The van der Waals surface area contributed by atoms with Crippen LogP contribution in [0.3, 0.4) is 0 Å². The Kier molecular flexibility index (Phi) is 4.13. The second-order valence-electron chi connectivity index (χ2n) is 4.99. The van der Waals surface area contributed by atoms with Gasteiger partial charge in [0.05, 0.1) is 12.7 Å². The number of aromatic nitrogens is 5. The van der Waals surface area contributed by atoms with Crippen LogP contribution in [0.25, 0.3) is 11.5 Å². The number of amides is 1. The molecule has 0 aliphatic heterocycles. The molecule has 2 heterocycles. The molecule has 0 fully saturated rings. The number of nitrogens with zero attached hydrogens (tertiary/aromatic N) is 5. The molecule has 0 saturated heterocycles. The fourth-order valence-corrected chi connectivity index (χ4v) is 2.11. The largest absolute Gasteiger partial charge is 0.350 e. The molecule has 0 spiro atoms. The summed E-state index contributed by atoms with van der Waals surface area (Å²) in [5.74, 6) is 0.104. The van der Waals surface area contributed by atoms with E-state index in [-0.39, 0.29) is 11.7 Å². The van der Waals surface area contributed by atoms with Crippen LogP contribution in [0.15, 0.2) is 42.9 Å². The van der Waals surface area contributed by atoms with Gasteiger partial charge < -0.3 is 9.88 Å². The van der Waals surface area contributed by atoms with Gasteiger partial charge in [0.1, 0.15) is 11.5 Å². The van der Waals surface area contributed by atoms with Gasteiger partial charge in [-0.25, -0.2) is 9.37 Å². The summed E-state index contributed by atoms with van der Waals surface area (Å²) >= 11 is 0. The molecule has 0 bridgehead atoms. The maximum Gasteiger partial charge on any atom is 0.251 e. The molecule has 1 amide bonds. The number of hydrogen-bond acceptors (Lipinski definition) is 4. The summed E-state index contributed by atoms with van der Waals surface area (Å²) in [6, 6.07) is 5.40. The highest BCUT2D eigenvalue weighted by molar-refractivity contribution is 5.94. The Morgan fingerprint density at radius 2 is 2.09 bits per heavy atom. The van der Waals surface area contributed by atoms with Gasteiger partial charge in [0.2, 0.25) is 0 Å².